The second-order valence-corrected chi connectivity index (χ2v) is 8.10. The fraction of sp³-hybridized carbons (Fsp3) is 0.636. The molecule has 2 N–H and O–H groups in total. The van der Waals surface area contributed by atoms with Gasteiger partial charge < -0.3 is 19.9 Å². The van der Waals surface area contributed by atoms with E-state index >= 15 is 0 Å². The molecule has 2 fully saturated rings. The molecule has 1 amide bonds. The average molecular weight is 460 g/mol. The summed E-state index contributed by atoms with van der Waals surface area (Å²) in [6, 6.07) is 8.61. The first-order chi connectivity index (χ1) is 15.1. The number of likely N-dealkylation sites (tertiary alicyclic amines) is 1. The monoisotopic (exact) mass is 460 g/mol. The second kappa shape index (κ2) is 12.2. The van der Waals surface area contributed by atoms with Crippen molar-refractivity contribution in [1.82, 2.24) is 10.2 Å². The molecule has 0 radical (unpaired) electrons. The number of methoxy groups -OCH3 is 1. The number of carboxylic acids is 1. The van der Waals surface area contributed by atoms with Crippen LogP contribution in [-0.2, 0) is 25.6 Å². The normalized spacial score (nSPS) is 23.1. The van der Waals surface area contributed by atoms with Gasteiger partial charge in [0.15, 0.2) is 0 Å². The number of hydrogen-bond acceptors (Lipinski definition) is 5. The summed E-state index contributed by atoms with van der Waals surface area (Å²) in [7, 11) is 1.64. The van der Waals surface area contributed by atoms with E-state index < -0.39 is 12.1 Å². The molecular formula is C22H31F3N2O5. The number of piperidine rings is 1. The zero-order chi connectivity index (χ0) is 23.7. The molecule has 1 aromatic rings. The highest BCUT2D eigenvalue weighted by Crippen LogP contribution is 2.36. The van der Waals surface area contributed by atoms with E-state index in [1.807, 2.05) is 0 Å². The van der Waals surface area contributed by atoms with E-state index in [9.17, 15) is 18.0 Å². The summed E-state index contributed by atoms with van der Waals surface area (Å²) < 4.78 is 42.7. The van der Waals surface area contributed by atoms with Gasteiger partial charge in [-0.15, -0.1) is 0 Å². The molecule has 0 saturated carbocycles. The maximum absolute atomic E-state index is 12.0. The molecule has 0 bridgehead atoms. The molecule has 32 heavy (non-hydrogen) atoms. The number of alkyl halides is 3. The van der Waals surface area contributed by atoms with Crippen molar-refractivity contribution in [3.8, 4) is 0 Å². The summed E-state index contributed by atoms with van der Waals surface area (Å²) in [5.74, 6) is -1.62. The van der Waals surface area contributed by atoms with Crippen LogP contribution in [-0.4, -0.2) is 74.1 Å². The van der Waals surface area contributed by atoms with E-state index in [-0.39, 0.29) is 12.0 Å². The minimum absolute atomic E-state index is 0.0741. The lowest BCUT2D eigenvalue weighted by Crippen LogP contribution is -2.42. The van der Waals surface area contributed by atoms with E-state index in [2.05, 4.69) is 41.4 Å². The standard InChI is InChI=1S/C20H30N2O3.C2HF3O2/c1-15-5-3-4-6-16(15)12-22-9-7-18-17(13-22)14-25-19(18)11-20(23)21-8-10-24-2;3-2(4,5)1(6)7/h3-6,17-19H,7-14H2,1-2H3,(H,21,23);(H,6,7)/t17-,18-,19-;/m1./s1. The third-order valence-electron chi connectivity index (χ3n) is 5.79. The fourth-order valence-corrected chi connectivity index (χ4v) is 4.09. The number of rotatable bonds is 7. The van der Waals surface area contributed by atoms with Gasteiger partial charge in [0, 0.05) is 32.7 Å². The van der Waals surface area contributed by atoms with Gasteiger partial charge in [-0.2, -0.15) is 13.2 Å². The van der Waals surface area contributed by atoms with Gasteiger partial charge in [-0.1, -0.05) is 24.3 Å². The number of amides is 1. The van der Waals surface area contributed by atoms with Gasteiger partial charge in [-0.3, -0.25) is 9.69 Å². The Morgan fingerprint density at radius 3 is 2.62 bits per heavy atom. The number of fused-ring (bicyclic) bond motifs is 1. The molecule has 7 nitrogen and oxygen atoms in total. The number of aryl methyl sites for hydroxylation is 1. The molecule has 2 aliphatic rings. The zero-order valence-corrected chi connectivity index (χ0v) is 18.4. The molecule has 2 saturated heterocycles. The Kier molecular flexibility index (Phi) is 9.92. The number of ether oxygens (including phenoxy) is 2. The third-order valence-corrected chi connectivity index (χ3v) is 5.79. The maximum Gasteiger partial charge on any atom is 0.490 e. The minimum Gasteiger partial charge on any atom is -0.475 e. The van der Waals surface area contributed by atoms with Gasteiger partial charge in [-0.05, 0) is 36.9 Å². The topological polar surface area (TPSA) is 88.1 Å². The number of halogens is 3. The van der Waals surface area contributed by atoms with Gasteiger partial charge in [0.25, 0.3) is 0 Å². The van der Waals surface area contributed by atoms with Crippen LogP contribution in [0.5, 0.6) is 0 Å². The SMILES string of the molecule is COCCNC(=O)C[C@H]1OC[C@H]2CN(Cc3ccccc3C)CC[C@H]21.O=C(O)C(F)(F)F. The molecule has 3 atom stereocenters. The predicted octanol–water partition coefficient (Wildman–Crippen LogP) is 2.62. The van der Waals surface area contributed by atoms with Crippen molar-refractivity contribution in [2.75, 3.05) is 40.0 Å². The molecule has 2 heterocycles. The number of carbonyl (C=O) groups excluding carboxylic acids is 1. The Hall–Kier alpha value is -2.17. The first-order valence-corrected chi connectivity index (χ1v) is 10.6. The molecule has 0 aliphatic carbocycles. The van der Waals surface area contributed by atoms with Crippen LogP contribution >= 0.6 is 0 Å². The van der Waals surface area contributed by atoms with E-state index in [0.29, 0.717) is 31.4 Å². The van der Waals surface area contributed by atoms with Crippen molar-refractivity contribution in [2.45, 2.75) is 38.6 Å². The van der Waals surface area contributed by atoms with Crippen LogP contribution < -0.4 is 5.32 Å². The molecule has 0 aromatic heterocycles. The highest BCUT2D eigenvalue weighted by atomic mass is 19.4. The Balaban J connectivity index is 0.000000451. The quantitative estimate of drug-likeness (QED) is 0.609. The zero-order valence-electron chi connectivity index (χ0n) is 18.4. The van der Waals surface area contributed by atoms with Gasteiger partial charge in [-0.25, -0.2) is 4.79 Å². The molecule has 2 aliphatic heterocycles. The van der Waals surface area contributed by atoms with Crippen LogP contribution in [0.25, 0.3) is 0 Å². The number of carbonyl (C=O) groups is 2. The number of hydrogen-bond donors (Lipinski definition) is 2. The van der Waals surface area contributed by atoms with Crippen LogP contribution in [0.4, 0.5) is 13.2 Å². The van der Waals surface area contributed by atoms with Crippen LogP contribution in [0.3, 0.4) is 0 Å². The first-order valence-electron chi connectivity index (χ1n) is 10.6. The summed E-state index contributed by atoms with van der Waals surface area (Å²) in [5, 5.41) is 10.0. The summed E-state index contributed by atoms with van der Waals surface area (Å²) in [6.07, 6.45) is -3.41. The van der Waals surface area contributed by atoms with Crippen LogP contribution in [0.2, 0.25) is 0 Å². The summed E-state index contributed by atoms with van der Waals surface area (Å²) in [4.78, 5) is 23.5. The van der Waals surface area contributed by atoms with Crippen LogP contribution in [0.1, 0.15) is 24.0 Å². The lowest BCUT2D eigenvalue weighted by molar-refractivity contribution is -0.192. The molecule has 0 spiro atoms. The number of nitrogens with zero attached hydrogens (tertiary/aromatic N) is 1. The van der Waals surface area contributed by atoms with Crippen LogP contribution in [0, 0.1) is 18.8 Å². The molecule has 0 unspecified atom stereocenters. The Bertz CT molecular complexity index is 759. The van der Waals surface area contributed by atoms with Crippen molar-refractivity contribution in [1.29, 1.82) is 0 Å². The van der Waals surface area contributed by atoms with Gasteiger partial charge in [0.2, 0.25) is 5.91 Å². The third kappa shape index (κ3) is 8.07. The molecular weight excluding hydrogens is 429 g/mol. The molecule has 1 aromatic carbocycles. The van der Waals surface area contributed by atoms with Gasteiger partial charge in [0.1, 0.15) is 0 Å². The summed E-state index contributed by atoms with van der Waals surface area (Å²) in [5.41, 5.74) is 2.77. The lowest BCUT2D eigenvalue weighted by atomic mass is 9.83. The minimum atomic E-state index is -5.08. The Morgan fingerprint density at radius 2 is 2.00 bits per heavy atom. The van der Waals surface area contributed by atoms with Crippen molar-refractivity contribution < 1.29 is 37.3 Å². The Morgan fingerprint density at radius 1 is 1.31 bits per heavy atom. The first kappa shape index (κ1) is 26.1. The largest absolute Gasteiger partial charge is 0.490 e. The smallest absolute Gasteiger partial charge is 0.475 e. The van der Waals surface area contributed by atoms with Gasteiger partial charge >= 0.3 is 12.1 Å². The van der Waals surface area contributed by atoms with E-state index in [1.54, 1.807) is 7.11 Å². The average Bonchev–Trinajstić information content (AvgIpc) is 3.11. The second-order valence-electron chi connectivity index (χ2n) is 8.10. The number of nitrogens with one attached hydrogen (secondary N) is 1. The van der Waals surface area contributed by atoms with E-state index in [1.165, 1.54) is 11.1 Å². The van der Waals surface area contributed by atoms with E-state index in [4.69, 9.17) is 19.4 Å². The van der Waals surface area contributed by atoms with Gasteiger partial charge in [0.05, 0.1) is 25.7 Å². The van der Waals surface area contributed by atoms with Crippen molar-refractivity contribution in [3.05, 3.63) is 35.4 Å². The predicted molar refractivity (Wildman–Crippen MR) is 111 cm³/mol. The van der Waals surface area contributed by atoms with Crippen molar-refractivity contribution >= 4 is 11.9 Å². The summed E-state index contributed by atoms with van der Waals surface area (Å²) >= 11 is 0. The molecule has 180 valence electrons. The highest BCUT2D eigenvalue weighted by Gasteiger charge is 2.41. The van der Waals surface area contributed by atoms with Crippen molar-refractivity contribution in [3.63, 3.8) is 0 Å². The maximum atomic E-state index is 12.0. The van der Waals surface area contributed by atoms with Crippen LogP contribution in [0.15, 0.2) is 24.3 Å². The molecule has 10 heteroatoms. The summed E-state index contributed by atoms with van der Waals surface area (Å²) in [6.45, 7) is 7.25. The van der Waals surface area contributed by atoms with E-state index in [0.717, 1.165) is 32.7 Å². The number of aliphatic carboxylic acids is 1. The fourth-order valence-electron chi connectivity index (χ4n) is 4.09. The number of carboxylic acid groups (broad SMARTS) is 1. The number of benzene rings is 1. The molecule has 3 rings (SSSR count). The lowest BCUT2D eigenvalue weighted by Gasteiger charge is -2.35. The highest BCUT2D eigenvalue weighted by molar-refractivity contribution is 5.76. The Labute approximate surface area is 185 Å². The van der Waals surface area contributed by atoms with Crippen molar-refractivity contribution in [2.24, 2.45) is 11.8 Å².